The first-order valence-corrected chi connectivity index (χ1v) is 3.38. The summed E-state index contributed by atoms with van der Waals surface area (Å²) in [5.74, 6) is -1.02. The smallest absolute Gasteiger partial charge is 0.160 e. The number of hydrogen-bond acceptors (Lipinski definition) is 1. The highest BCUT2D eigenvalue weighted by atomic mass is 19.2. The third-order valence-corrected chi connectivity index (χ3v) is 1.97. The maximum atomic E-state index is 12.5. The van der Waals surface area contributed by atoms with Gasteiger partial charge in [-0.2, -0.15) is 0 Å². The summed E-state index contributed by atoms with van der Waals surface area (Å²) in [4.78, 5) is 0. The van der Waals surface area contributed by atoms with Crippen molar-refractivity contribution in [3.63, 3.8) is 0 Å². The molecule has 10 heavy (non-hydrogen) atoms. The van der Waals surface area contributed by atoms with Crippen molar-refractivity contribution < 1.29 is 13.9 Å². The Balaban J connectivity index is 2.67. The van der Waals surface area contributed by atoms with Gasteiger partial charge in [-0.25, -0.2) is 8.78 Å². The van der Waals surface area contributed by atoms with Crippen LogP contribution in [0.5, 0.6) is 0 Å². The summed E-state index contributed by atoms with van der Waals surface area (Å²) in [6.45, 7) is 0. The van der Waals surface area contributed by atoms with Gasteiger partial charge in [-0.15, -0.1) is 0 Å². The van der Waals surface area contributed by atoms with Crippen molar-refractivity contribution in [2.75, 3.05) is 0 Å². The topological polar surface area (TPSA) is 20.2 Å². The fourth-order valence-electron chi connectivity index (χ4n) is 1.30. The zero-order valence-electron chi connectivity index (χ0n) is 5.61. The molecular formula is C7H10F2O. The summed E-state index contributed by atoms with van der Waals surface area (Å²) in [6, 6.07) is 0. The van der Waals surface area contributed by atoms with E-state index in [1.807, 2.05) is 0 Å². The Bertz CT molecular complexity index is 148. The summed E-state index contributed by atoms with van der Waals surface area (Å²) < 4.78 is 24.0. The highest BCUT2D eigenvalue weighted by molar-refractivity contribution is 5.08. The average molecular weight is 148 g/mol. The number of rotatable bonds is 1. The molecule has 0 saturated heterocycles. The lowest BCUT2D eigenvalue weighted by atomic mass is 10.0. The number of hydrogen-bond donors (Lipinski definition) is 1. The molecule has 58 valence electrons. The Kier molecular flexibility index (Phi) is 2.04. The van der Waals surface area contributed by atoms with E-state index < -0.39 is 11.4 Å². The van der Waals surface area contributed by atoms with Gasteiger partial charge >= 0.3 is 0 Å². The summed E-state index contributed by atoms with van der Waals surface area (Å²) in [5, 5.41) is 9.28. The molecule has 0 amide bonds. The maximum Gasteiger partial charge on any atom is 0.160 e. The highest BCUT2D eigenvalue weighted by Gasteiger charge is 2.35. The minimum Gasteiger partial charge on any atom is -0.383 e. The summed E-state index contributed by atoms with van der Waals surface area (Å²) in [5.41, 5.74) is -1.48. The van der Waals surface area contributed by atoms with Gasteiger partial charge in [0.05, 0.1) is 0 Å². The first kappa shape index (κ1) is 7.66. The molecule has 0 aromatic heterocycles. The number of halogens is 2. The molecule has 0 heterocycles. The van der Waals surface area contributed by atoms with E-state index in [9.17, 15) is 13.9 Å². The molecule has 1 aliphatic rings. The minimum absolute atomic E-state index is 0.147. The van der Waals surface area contributed by atoms with Gasteiger partial charge in [0.25, 0.3) is 0 Å². The van der Waals surface area contributed by atoms with E-state index in [1.165, 1.54) is 0 Å². The predicted octanol–water partition coefficient (Wildman–Crippen LogP) is 2.07. The largest absolute Gasteiger partial charge is 0.383 e. The van der Waals surface area contributed by atoms with Crippen LogP contribution in [0.3, 0.4) is 0 Å². The van der Waals surface area contributed by atoms with Crippen LogP contribution in [0.2, 0.25) is 0 Å². The fourth-order valence-corrected chi connectivity index (χ4v) is 1.30. The molecule has 1 saturated carbocycles. The Hall–Kier alpha value is -0.440. The second kappa shape index (κ2) is 2.66. The Morgan fingerprint density at radius 1 is 1.40 bits per heavy atom. The molecule has 1 nitrogen and oxygen atoms in total. The summed E-state index contributed by atoms with van der Waals surface area (Å²) >= 11 is 0. The molecule has 0 unspecified atom stereocenters. The molecule has 0 bridgehead atoms. The second-order valence-electron chi connectivity index (χ2n) is 2.70. The van der Waals surface area contributed by atoms with Gasteiger partial charge < -0.3 is 5.11 Å². The standard InChI is InChI=1S/C7H10F2O/c8-5-6(9)7(10)3-1-2-4-7/h5,10H,1-4H2/b6-5-. The van der Waals surface area contributed by atoms with Crippen LogP contribution < -0.4 is 0 Å². The molecule has 1 N–H and O–H groups in total. The lowest BCUT2D eigenvalue weighted by Crippen LogP contribution is -2.24. The Morgan fingerprint density at radius 3 is 2.30 bits per heavy atom. The van der Waals surface area contributed by atoms with Gasteiger partial charge in [0.2, 0.25) is 0 Å². The quantitative estimate of drug-likeness (QED) is 0.603. The zero-order valence-corrected chi connectivity index (χ0v) is 5.61. The van der Waals surface area contributed by atoms with Crippen LogP contribution in [0.1, 0.15) is 25.7 Å². The SMILES string of the molecule is OC1(/C(F)=C/F)CCCC1. The molecule has 1 fully saturated rings. The Labute approximate surface area is 58.4 Å². The highest BCUT2D eigenvalue weighted by Crippen LogP contribution is 2.36. The van der Waals surface area contributed by atoms with Gasteiger partial charge in [-0.3, -0.25) is 0 Å². The third-order valence-electron chi connectivity index (χ3n) is 1.97. The summed E-state index contributed by atoms with van der Waals surface area (Å²) in [6.07, 6.45) is 2.10. The van der Waals surface area contributed by atoms with Gasteiger partial charge in [-0.05, 0) is 12.8 Å². The van der Waals surface area contributed by atoms with E-state index in [2.05, 4.69) is 0 Å². The van der Waals surface area contributed by atoms with Crippen LogP contribution in [0.4, 0.5) is 8.78 Å². The van der Waals surface area contributed by atoms with E-state index >= 15 is 0 Å². The molecule has 0 aliphatic heterocycles. The minimum atomic E-state index is -1.48. The normalized spacial score (nSPS) is 25.3. The van der Waals surface area contributed by atoms with Crippen molar-refractivity contribution in [1.82, 2.24) is 0 Å². The van der Waals surface area contributed by atoms with Crippen LogP contribution in [-0.4, -0.2) is 10.7 Å². The van der Waals surface area contributed by atoms with Crippen LogP contribution >= 0.6 is 0 Å². The van der Waals surface area contributed by atoms with Crippen molar-refractivity contribution >= 4 is 0 Å². The monoisotopic (exact) mass is 148 g/mol. The van der Waals surface area contributed by atoms with Crippen molar-refractivity contribution in [3.8, 4) is 0 Å². The van der Waals surface area contributed by atoms with E-state index in [0.29, 0.717) is 12.8 Å². The third kappa shape index (κ3) is 1.19. The number of aliphatic hydroxyl groups is 1. The fraction of sp³-hybridized carbons (Fsp3) is 0.714. The average Bonchev–Trinajstić information content (AvgIpc) is 2.36. The van der Waals surface area contributed by atoms with Crippen molar-refractivity contribution in [1.29, 1.82) is 0 Å². The van der Waals surface area contributed by atoms with Crippen LogP contribution in [0, 0.1) is 0 Å². The van der Waals surface area contributed by atoms with E-state index in [0.717, 1.165) is 12.8 Å². The zero-order chi connectivity index (χ0) is 7.61. The lowest BCUT2D eigenvalue weighted by Gasteiger charge is -2.17. The molecule has 0 aromatic carbocycles. The van der Waals surface area contributed by atoms with Crippen molar-refractivity contribution in [2.24, 2.45) is 0 Å². The van der Waals surface area contributed by atoms with Crippen molar-refractivity contribution in [2.45, 2.75) is 31.3 Å². The molecule has 0 atom stereocenters. The van der Waals surface area contributed by atoms with Crippen LogP contribution in [0.15, 0.2) is 12.2 Å². The summed E-state index contributed by atoms with van der Waals surface area (Å²) in [7, 11) is 0. The van der Waals surface area contributed by atoms with Gasteiger partial charge in [0.15, 0.2) is 5.83 Å². The predicted molar refractivity (Wildman–Crippen MR) is 33.7 cm³/mol. The van der Waals surface area contributed by atoms with Crippen LogP contribution in [0.25, 0.3) is 0 Å². The van der Waals surface area contributed by atoms with E-state index in [4.69, 9.17) is 0 Å². The van der Waals surface area contributed by atoms with E-state index in [-0.39, 0.29) is 6.33 Å². The van der Waals surface area contributed by atoms with Gasteiger partial charge in [0.1, 0.15) is 11.9 Å². The molecular weight excluding hydrogens is 138 g/mol. The molecule has 0 radical (unpaired) electrons. The second-order valence-corrected chi connectivity index (χ2v) is 2.70. The molecule has 1 aliphatic carbocycles. The molecule has 0 spiro atoms. The Morgan fingerprint density at radius 2 is 1.90 bits per heavy atom. The first-order chi connectivity index (χ1) is 4.69. The molecule has 0 aromatic rings. The van der Waals surface area contributed by atoms with Crippen LogP contribution in [-0.2, 0) is 0 Å². The maximum absolute atomic E-state index is 12.5. The van der Waals surface area contributed by atoms with Crippen molar-refractivity contribution in [3.05, 3.63) is 12.2 Å². The lowest BCUT2D eigenvalue weighted by molar-refractivity contribution is 0.0603. The van der Waals surface area contributed by atoms with E-state index in [1.54, 1.807) is 0 Å². The molecule has 3 heteroatoms. The van der Waals surface area contributed by atoms with Gasteiger partial charge in [0, 0.05) is 0 Å². The molecule has 1 rings (SSSR count). The van der Waals surface area contributed by atoms with Gasteiger partial charge in [-0.1, -0.05) is 12.8 Å². The first-order valence-electron chi connectivity index (χ1n) is 3.38.